The van der Waals surface area contributed by atoms with Crippen molar-refractivity contribution >= 4 is 21.9 Å². The quantitative estimate of drug-likeness (QED) is 0.813. The Balaban J connectivity index is 2.75. The highest BCUT2D eigenvalue weighted by Crippen LogP contribution is 2.18. The van der Waals surface area contributed by atoms with Crippen LogP contribution in [0.15, 0.2) is 22.7 Å². The van der Waals surface area contributed by atoms with Gasteiger partial charge in [0.1, 0.15) is 11.9 Å². The van der Waals surface area contributed by atoms with Gasteiger partial charge in [-0.2, -0.15) is 0 Å². The van der Waals surface area contributed by atoms with Crippen molar-refractivity contribution in [3.8, 4) is 0 Å². The van der Waals surface area contributed by atoms with E-state index < -0.39 is 0 Å². The second-order valence-corrected chi connectivity index (χ2v) is 5.36. The summed E-state index contributed by atoms with van der Waals surface area (Å²) in [5.74, 6) is -0.431. The first-order valence-electron chi connectivity index (χ1n) is 6.24. The number of methoxy groups -OCH3 is 1. The lowest BCUT2D eigenvalue weighted by molar-refractivity contribution is -0.144. The van der Waals surface area contributed by atoms with Crippen molar-refractivity contribution in [3.63, 3.8) is 0 Å². The Labute approximate surface area is 121 Å². The fourth-order valence-electron chi connectivity index (χ4n) is 1.78. The normalized spacial score (nSPS) is 13.9. The molecule has 0 bridgehead atoms. The average Bonchev–Trinajstić information content (AvgIpc) is 2.41. The maximum atomic E-state index is 13.2. The van der Waals surface area contributed by atoms with Gasteiger partial charge < -0.3 is 10.1 Å². The Hall–Kier alpha value is -0.940. The predicted molar refractivity (Wildman–Crippen MR) is 76.2 cm³/mol. The van der Waals surface area contributed by atoms with Gasteiger partial charge in [0.15, 0.2) is 0 Å². The van der Waals surface area contributed by atoms with E-state index in [1.54, 1.807) is 6.07 Å². The topological polar surface area (TPSA) is 38.3 Å². The standard InChI is InChI=1S/C14H19BrFNO2/c1-4-9(2)13(14(18)19-3)17-8-10-7-11(16)5-6-12(10)15/h5-7,9,13,17H,4,8H2,1-3H3. The van der Waals surface area contributed by atoms with Gasteiger partial charge in [-0.1, -0.05) is 36.2 Å². The number of ether oxygens (including phenoxy) is 1. The van der Waals surface area contributed by atoms with Crippen molar-refractivity contribution in [2.45, 2.75) is 32.9 Å². The van der Waals surface area contributed by atoms with Gasteiger partial charge in [0.2, 0.25) is 0 Å². The molecule has 0 aliphatic rings. The molecule has 0 spiro atoms. The van der Waals surface area contributed by atoms with Crippen LogP contribution in [-0.2, 0) is 16.1 Å². The van der Waals surface area contributed by atoms with Crippen LogP contribution >= 0.6 is 15.9 Å². The van der Waals surface area contributed by atoms with Crippen molar-refractivity contribution in [2.24, 2.45) is 5.92 Å². The number of nitrogens with one attached hydrogen (secondary N) is 1. The molecule has 0 saturated carbocycles. The number of hydrogen-bond acceptors (Lipinski definition) is 3. The summed E-state index contributed by atoms with van der Waals surface area (Å²) >= 11 is 3.37. The summed E-state index contributed by atoms with van der Waals surface area (Å²) < 4.78 is 18.8. The number of carbonyl (C=O) groups is 1. The fourth-order valence-corrected chi connectivity index (χ4v) is 2.17. The molecule has 2 unspecified atom stereocenters. The molecular formula is C14H19BrFNO2. The van der Waals surface area contributed by atoms with Crippen molar-refractivity contribution in [2.75, 3.05) is 7.11 Å². The molecule has 0 saturated heterocycles. The Bertz CT molecular complexity index is 439. The molecule has 0 aromatic heterocycles. The van der Waals surface area contributed by atoms with Gasteiger partial charge in [-0.3, -0.25) is 4.79 Å². The van der Waals surface area contributed by atoms with E-state index in [-0.39, 0.29) is 23.7 Å². The highest BCUT2D eigenvalue weighted by atomic mass is 79.9. The van der Waals surface area contributed by atoms with Crippen molar-refractivity contribution in [1.29, 1.82) is 0 Å². The van der Waals surface area contributed by atoms with Gasteiger partial charge in [0.25, 0.3) is 0 Å². The summed E-state index contributed by atoms with van der Waals surface area (Å²) in [6.07, 6.45) is 0.858. The summed E-state index contributed by atoms with van der Waals surface area (Å²) in [5, 5.41) is 3.13. The van der Waals surface area contributed by atoms with Gasteiger partial charge in [0, 0.05) is 11.0 Å². The van der Waals surface area contributed by atoms with E-state index in [1.807, 2.05) is 13.8 Å². The number of rotatable bonds is 6. The smallest absolute Gasteiger partial charge is 0.323 e. The molecule has 3 nitrogen and oxygen atoms in total. The molecule has 1 rings (SSSR count). The summed E-state index contributed by atoms with van der Waals surface area (Å²) in [6, 6.07) is 4.11. The molecule has 1 aromatic rings. The lowest BCUT2D eigenvalue weighted by Crippen LogP contribution is -2.42. The molecule has 1 N–H and O–H groups in total. The predicted octanol–water partition coefficient (Wildman–Crippen LogP) is 3.27. The molecule has 5 heteroatoms. The van der Waals surface area contributed by atoms with Gasteiger partial charge in [-0.05, 0) is 29.7 Å². The van der Waals surface area contributed by atoms with E-state index in [4.69, 9.17) is 4.74 Å². The highest BCUT2D eigenvalue weighted by molar-refractivity contribution is 9.10. The van der Waals surface area contributed by atoms with E-state index in [2.05, 4.69) is 21.2 Å². The van der Waals surface area contributed by atoms with Crippen LogP contribution in [0.5, 0.6) is 0 Å². The molecule has 1 aromatic carbocycles. The zero-order valence-electron chi connectivity index (χ0n) is 11.4. The van der Waals surface area contributed by atoms with Crippen molar-refractivity contribution < 1.29 is 13.9 Å². The van der Waals surface area contributed by atoms with E-state index in [0.29, 0.717) is 6.54 Å². The second-order valence-electron chi connectivity index (χ2n) is 4.50. The van der Waals surface area contributed by atoms with Crippen molar-refractivity contribution in [1.82, 2.24) is 5.32 Å². The minimum Gasteiger partial charge on any atom is -0.468 e. The third-order valence-electron chi connectivity index (χ3n) is 3.19. The number of carbonyl (C=O) groups excluding carboxylic acids is 1. The van der Waals surface area contributed by atoms with Crippen LogP contribution in [0.3, 0.4) is 0 Å². The molecule has 0 aliphatic heterocycles. The average molecular weight is 332 g/mol. The van der Waals surface area contributed by atoms with E-state index in [0.717, 1.165) is 16.5 Å². The second kappa shape index (κ2) is 7.60. The van der Waals surface area contributed by atoms with Gasteiger partial charge in [-0.25, -0.2) is 4.39 Å². The van der Waals surface area contributed by atoms with E-state index in [9.17, 15) is 9.18 Å². The molecule has 0 heterocycles. The van der Waals surface area contributed by atoms with Crippen LogP contribution in [0, 0.1) is 11.7 Å². The minimum absolute atomic E-state index is 0.153. The lowest BCUT2D eigenvalue weighted by Gasteiger charge is -2.22. The van der Waals surface area contributed by atoms with E-state index in [1.165, 1.54) is 19.2 Å². The maximum absolute atomic E-state index is 13.2. The number of hydrogen-bond donors (Lipinski definition) is 1. The summed E-state index contributed by atoms with van der Waals surface area (Å²) in [5.41, 5.74) is 0.775. The van der Waals surface area contributed by atoms with Gasteiger partial charge in [0.05, 0.1) is 7.11 Å². The number of benzene rings is 1. The third kappa shape index (κ3) is 4.58. The third-order valence-corrected chi connectivity index (χ3v) is 3.96. The molecule has 0 aliphatic carbocycles. The largest absolute Gasteiger partial charge is 0.468 e. The zero-order valence-corrected chi connectivity index (χ0v) is 13.0. The van der Waals surface area contributed by atoms with Gasteiger partial charge in [-0.15, -0.1) is 0 Å². The van der Waals surface area contributed by atoms with Crippen LogP contribution in [0.25, 0.3) is 0 Å². The first-order valence-corrected chi connectivity index (χ1v) is 7.04. The summed E-state index contributed by atoms with van der Waals surface area (Å²) in [4.78, 5) is 11.7. The Morgan fingerprint density at radius 1 is 1.53 bits per heavy atom. The highest BCUT2D eigenvalue weighted by Gasteiger charge is 2.24. The molecule has 2 atom stereocenters. The molecule has 0 amide bonds. The summed E-state index contributed by atoms with van der Waals surface area (Å²) in [6.45, 7) is 4.40. The zero-order chi connectivity index (χ0) is 14.4. The van der Waals surface area contributed by atoms with Crippen LogP contribution < -0.4 is 5.32 Å². The lowest BCUT2D eigenvalue weighted by atomic mass is 9.99. The fraction of sp³-hybridized carbons (Fsp3) is 0.500. The first kappa shape index (κ1) is 16.1. The van der Waals surface area contributed by atoms with Crippen LogP contribution in [0.4, 0.5) is 4.39 Å². The van der Waals surface area contributed by atoms with Crippen molar-refractivity contribution in [3.05, 3.63) is 34.1 Å². The monoisotopic (exact) mass is 331 g/mol. The first-order chi connectivity index (χ1) is 8.99. The SMILES string of the molecule is CCC(C)C(NCc1cc(F)ccc1Br)C(=O)OC. The van der Waals surface area contributed by atoms with Crippen LogP contribution in [-0.4, -0.2) is 19.1 Å². The van der Waals surface area contributed by atoms with Crippen LogP contribution in [0.1, 0.15) is 25.8 Å². The number of esters is 1. The Kier molecular flexibility index (Phi) is 6.45. The summed E-state index contributed by atoms with van der Waals surface area (Å²) in [7, 11) is 1.37. The Morgan fingerprint density at radius 2 is 2.21 bits per heavy atom. The molecule has 0 radical (unpaired) electrons. The number of halogens is 2. The van der Waals surface area contributed by atoms with Gasteiger partial charge >= 0.3 is 5.97 Å². The molecular weight excluding hydrogens is 313 g/mol. The maximum Gasteiger partial charge on any atom is 0.323 e. The Morgan fingerprint density at radius 3 is 2.79 bits per heavy atom. The van der Waals surface area contributed by atoms with E-state index >= 15 is 0 Å². The molecule has 0 fully saturated rings. The molecule has 19 heavy (non-hydrogen) atoms. The molecule has 106 valence electrons. The minimum atomic E-state index is -0.384. The van der Waals surface area contributed by atoms with Crippen LogP contribution in [0.2, 0.25) is 0 Å².